The van der Waals surface area contributed by atoms with E-state index in [1.165, 1.54) is 0 Å². The first kappa shape index (κ1) is 12.5. The lowest BCUT2D eigenvalue weighted by Crippen LogP contribution is -2.11. The predicted molar refractivity (Wildman–Crippen MR) is 75.0 cm³/mol. The number of para-hydroxylation sites is 1. The summed E-state index contributed by atoms with van der Waals surface area (Å²) >= 11 is 1.14. The van der Waals surface area contributed by atoms with Crippen molar-refractivity contribution in [2.45, 2.75) is 4.90 Å². The normalized spacial score (nSPS) is 10.8. The highest BCUT2D eigenvalue weighted by Gasteiger charge is 2.19. The maximum Gasteiger partial charge on any atom is 0.355 e. The molecular formula is C14H7NO4S. The molecule has 0 saturated carbocycles. The smallest absolute Gasteiger partial charge is 0.355 e. The second kappa shape index (κ2) is 4.54. The van der Waals surface area contributed by atoms with Gasteiger partial charge in [-0.3, -0.25) is 0 Å². The lowest BCUT2D eigenvalue weighted by molar-refractivity contribution is 0.537. The van der Waals surface area contributed by atoms with Gasteiger partial charge >= 0.3 is 11.3 Å². The van der Waals surface area contributed by atoms with Gasteiger partial charge in [0.05, 0.1) is 10.3 Å². The third-order valence-electron chi connectivity index (χ3n) is 2.93. The van der Waals surface area contributed by atoms with E-state index < -0.39 is 11.3 Å². The van der Waals surface area contributed by atoms with Crippen molar-refractivity contribution in [2.24, 2.45) is 0 Å². The Hall–Kier alpha value is -2.52. The number of benzene rings is 1. The molecule has 5 nitrogen and oxygen atoms in total. The van der Waals surface area contributed by atoms with E-state index in [1.54, 1.807) is 36.6 Å². The van der Waals surface area contributed by atoms with Crippen molar-refractivity contribution in [2.75, 3.05) is 6.26 Å². The molecule has 0 aliphatic heterocycles. The molecule has 1 aromatic carbocycles. The first-order valence-electron chi connectivity index (χ1n) is 5.64. The van der Waals surface area contributed by atoms with Crippen LogP contribution in [-0.4, -0.2) is 6.26 Å². The van der Waals surface area contributed by atoms with Crippen LogP contribution in [0.2, 0.25) is 0 Å². The van der Waals surface area contributed by atoms with Crippen LogP contribution < -0.4 is 11.3 Å². The molecule has 0 aliphatic carbocycles. The van der Waals surface area contributed by atoms with E-state index >= 15 is 0 Å². The van der Waals surface area contributed by atoms with Gasteiger partial charge in [0.2, 0.25) is 0 Å². The fourth-order valence-corrected chi connectivity index (χ4v) is 2.80. The zero-order valence-electron chi connectivity index (χ0n) is 10.3. The Morgan fingerprint density at radius 3 is 2.60 bits per heavy atom. The molecule has 0 amide bonds. The Morgan fingerprint density at radius 2 is 1.90 bits per heavy atom. The van der Waals surface area contributed by atoms with Crippen molar-refractivity contribution >= 4 is 33.7 Å². The Bertz CT molecular complexity index is 994. The Morgan fingerprint density at radius 1 is 1.15 bits per heavy atom. The Labute approximate surface area is 116 Å². The van der Waals surface area contributed by atoms with E-state index in [0.717, 1.165) is 11.8 Å². The second-order valence-electron chi connectivity index (χ2n) is 4.00. The van der Waals surface area contributed by atoms with Crippen LogP contribution in [0.3, 0.4) is 0 Å². The van der Waals surface area contributed by atoms with Crippen molar-refractivity contribution in [3.63, 3.8) is 0 Å². The molecule has 0 saturated heterocycles. The van der Waals surface area contributed by atoms with Crippen LogP contribution in [0.4, 0.5) is 0 Å². The van der Waals surface area contributed by atoms with Gasteiger partial charge in [-0.1, -0.05) is 12.1 Å². The van der Waals surface area contributed by atoms with E-state index in [9.17, 15) is 9.59 Å². The predicted octanol–water partition coefficient (Wildman–Crippen LogP) is 2.49. The minimum Gasteiger partial charge on any atom is -0.422 e. The van der Waals surface area contributed by atoms with E-state index in [4.69, 9.17) is 14.1 Å². The summed E-state index contributed by atoms with van der Waals surface area (Å²) in [6, 6.07) is 8.55. The molecule has 0 radical (unpaired) electrons. The quantitative estimate of drug-likeness (QED) is 0.388. The number of fused-ring (bicyclic) bond motifs is 3. The number of hydrogen-bond acceptors (Lipinski definition) is 6. The van der Waals surface area contributed by atoms with Crippen LogP contribution in [0.15, 0.2) is 47.6 Å². The maximum absolute atomic E-state index is 12.1. The zero-order chi connectivity index (χ0) is 14.3. The van der Waals surface area contributed by atoms with E-state index in [1.807, 2.05) is 0 Å². The van der Waals surface area contributed by atoms with Gasteiger partial charge in [-0.25, -0.2) is 9.59 Å². The summed E-state index contributed by atoms with van der Waals surface area (Å²) in [6.07, 6.45) is 1.68. The summed E-state index contributed by atoms with van der Waals surface area (Å²) in [6.45, 7) is 0. The molecule has 0 spiro atoms. The van der Waals surface area contributed by atoms with Crippen LogP contribution in [0.25, 0.3) is 21.9 Å². The molecule has 0 bridgehead atoms. The minimum absolute atomic E-state index is 0.132. The second-order valence-corrected chi connectivity index (χ2v) is 4.82. The molecule has 3 rings (SSSR count). The van der Waals surface area contributed by atoms with Crippen molar-refractivity contribution in [3.8, 4) is 6.07 Å². The van der Waals surface area contributed by atoms with Crippen molar-refractivity contribution in [1.82, 2.24) is 0 Å². The lowest BCUT2D eigenvalue weighted by atomic mass is 10.1. The standard InChI is InChI=1S/C14H7NO4S/c1-20-12-8(6-15)13(16)19-11-7-4-2-3-5-9(7)18-14(17)10(11)12/h2-5H,1H3. The van der Waals surface area contributed by atoms with Gasteiger partial charge < -0.3 is 8.83 Å². The molecule has 98 valence electrons. The molecular weight excluding hydrogens is 278 g/mol. The summed E-state index contributed by atoms with van der Waals surface area (Å²) < 4.78 is 10.4. The van der Waals surface area contributed by atoms with Crippen molar-refractivity contribution in [1.29, 1.82) is 5.26 Å². The van der Waals surface area contributed by atoms with E-state index in [0.29, 0.717) is 15.9 Å². The van der Waals surface area contributed by atoms with Crippen LogP contribution in [0.5, 0.6) is 0 Å². The van der Waals surface area contributed by atoms with Gasteiger partial charge in [-0.05, 0) is 18.4 Å². The molecule has 20 heavy (non-hydrogen) atoms. The van der Waals surface area contributed by atoms with Crippen LogP contribution in [-0.2, 0) is 0 Å². The van der Waals surface area contributed by atoms with Crippen molar-refractivity contribution < 1.29 is 8.83 Å². The summed E-state index contributed by atoms with van der Waals surface area (Å²) in [7, 11) is 0. The van der Waals surface area contributed by atoms with Gasteiger partial charge in [0.15, 0.2) is 11.1 Å². The monoisotopic (exact) mass is 285 g/mol. The van der Waals surface area contributed by atoms with Gasteiger partial charge in [0, 0.05) is 0 Å². The first-order chi connectivity index (χ1) is 9.67. The van der Waals surface area contributed by atoms with Crippen LogP contribution in [0.1, 0.15) is 5.56 Å². The Kier molecular flexibility index (Phi) is 2.84. The Balaban J connectivity index is 2.71. The number of rotatable bonds is 1. The molecule has 2 aromatic heterocycles. The molecule has 2 heterocycles. The number of nitriles is 1. The molecule has 3 aromatic rings. The molecule has 0 aliphatic rings. The number of nitrogens with zero attached hydrogens (tertiary/aromatic N) is 1. The molecule has 0 N–H and O–H groups in total. The summed E-state index contributed by atoms with van der Waals surface area (Å²) in [5.41, 5.74) is -1.05. The number of thioether (sulfide) groups is 1. The van der Waals surface area contributed by atoms with Crippen LogP contribution in [0, 0.1) is 11.3 Å². The highest BCUT2D eigenvalue weighted by atomic mass is 32.2. The van der Waals surface area contributed by atoms with Gasteiger partial charge in [-0.2, -0.15) is 5.26 Å². The average Bonchev–Trinajstić information content (AvgIpc) is 2.46. The molecule has 0 unspecified atom stereocenters. The molecule has 6 heteroatoms. The maximum atomic E-state index is 12.1. The summed E-state index contributed by atoms with van der Waals surface area (Å²) in [5, 5.41) is 9.70. The summed E-state index contributed by atoms with van der Waals surface area (Å²) in [4.78, 5) is 24.3. The SMILES string of the molecule is CSc1c(C#N)c(=O)oc2c1c(=O)oc1ccccc12. The third kappa shape index (κ3) is 1.64. The molecule has 0 fully saturated rings. The molecule has 0 atom stereocenters. The average molecular weight is 285 g/mol. The van der Waals surface area contributed by atoms with Crippen molar-refractivity contribution in [3.05, 3.63) is 50.7 Å². The van der Waals surface area contributed by atoms with Crippen LogP contribution >= 0.6 is 11.8 Å². The summed E-state index contributed by atoms with van der Waals surface area (Å²) in [5.74, 6) is 0. The lowest BCUT2D eigenvalue weighted by Gasteiger charge is -2.05. The van der Waals surface area contributed by atoms with E-state index in [-0.39, 0.29) is 16.5 Å². The number of hydrogen-bond donors (Lipinski definition) is 0. The topological polar surface area (TPSA) is 84.2 Å². The highest BCUT2D eigenvalue weighted by Crippen LogP contribution is 2.29. The van der Waals surface area contributed by atoms with Gasteiger partial charge in [0.1, 0.15) is 17.0 Å². The van der Waals surface area contributed by atoms with E-state index in [2.05, 4.69) is 0 Å². The van der Waals surface area contributed by atoms with Gasteiger partial charge in [0.25, 0.3) is 0 Å². The fourth-order valence-electron chi connectivity index (χ4n) is 2.09. The zero-order valence-corrected chi connectivity index (χ0v) is 11.1. The fraction of sp³-hybridized carbons (Fsp3) is 0.0714. The largest absolute Gasteiger partial charge is 0.422 e. The minimum atomic E-state index is -0.750. The third-order valence-corrected chi connectivity index (χ3v) is 3.75. The van der Waals surface area contributed by atoms with Gasteiger partial charge in [-0.15, -0.1) is 11.8 Å². The highest BCUT2D eigenvalue weighted by molar-refractivity contribution is 7.98. The first-order valence-corrected chi connectivity index (χ1v) is 6.86.